The highest BCUT2D eigenvalue weighted by Crippen LogP contribution is 2.32. The molecule has 0 fully saturated rings. The summed E-state index contributed by atoms with van der Waals surface area (Å²) in [6.07, 6.45) is 0. The van der Waals surface area contributed by atoms with Gasteiger partial charge in [-0.2, -0.15) is 4.98 Å². The number of halogens is 2. The smallest absolute Gasteiger partial charge is 0.273 e. The lowest BCUT2D eigenvalue weighted by Gasteiger charge is -2.08. The van der Waals surface area contributed by atoms with Crippen LogP contribution in [-0.2, 0) is 11.3 Å². The highest BCUT2D eigenvalue weighted by atomic mass is 79.9. The highest BCUT2D eigenvalue weighted by molar-refractivity contribution is 9.10. The third kappa shape index (κ3) is 4.10. The number of non-ortho nitro benzene ring substituents is 1. The molecule has 0 aliphatic heterocycles. The van der Waals surface area contributed by atoms with Gasteiger partial charge in [0.05, 0.1) is 15.5 Å². The molecular formula is C12H9BrClN3O4. The topological polar surface area (TPSA) is 87.4 Å². The maximum atomic E-state index is 10.8. The molecule has 0 aliphatic rings. The Hall–Kier alpha value is -1.77. The summed E-state index contributed by atoms with van der Waals surface area (Å²) in [5.41, 5.74) is -0.0922. The van der Waals surface area contributed by atoms with Gasteiger partial charge in [-0.15, -0.1) is 0 Å². The van der Waals surface area contributed by atoms with E-state index in [-0.39, 0.29) is 29.1 Å². The van der Waals surface area contributed by atoms with Crippen molar-refractivity contribution in [3.8, 4) is 11.6 Å². The second kappa shape index (κ2) is 6.79. The molecule has 0 N–H and O–H groups in total. The number of benzene rings is 1. The van der Waals surface area contributed by atoms with Gasteiger partial charge in [-0.05, 0) is 22.0 Å². The summed E-state index contributed by atoms with van der Waals surface area (Å²) in [4.78, 5) is 18.3. The minimum Gasteiger partial charge on any atom is -0.437 e. The van der Waals surface area contributed by atoms with Gasteiger partial charge in [0.15, 0.2) is 11.6 Å². The first-order valence-corrected chi connectivity index (χ1v) is 6.81. The molecule has 1 aromatic heterocycles. The fraction of sp³-hybridized carbons (Fsp3) is 0.167. The largest absolute Gasteiger partial charge is 0.437 e. The van der Waals surface area contributed by atoms with Crippen molar-refractivity contribution in [3.05, 3.63) is 49.8 Å². The van der Waals surface area contributed by atoms with Crippen LogP contribution >= 0.6 is 27.5 Å². The number of ether oxygens (including phenoxy) is 2. The van der Waals surface area contributed by atoms with Crippen molar-refractivity contribution < 1.29 is 14.4 Å². The van der Waals surface area contributed by atoms with E-state index in [1.165, 1.54) is 31.4 Å². The number of hydrogen-bond donors (Lipinski definition) is 0. The van der Waals surface area contributed by atoms with Crippen molar-refractivity contribution in [2.45, 2.75) is 6.61 Å². The summed E-state index contributed by atoms with van der Waals surface area (Å²) in [7, 11) is 1.50. The van der Waals surface area contributed by atoms with E-state index in [1.807, 2.05) is 0 Å². The second-order valence-electron chi connectivity index (χ2n) is 3.85. The van der Waals surface area contributed by atoms with E-state index in [0.29, 0.717) is 10.3 Å². The fourth-order valence-electron chi connectivity index (χ4n) is 1.48. The summed E-state index contributed by atoms with van der Waals surface area (Å²) in [6.45, 7) is 0.174. The SMILES string of the molecule is COCc1nc(Cl)cc(Oc2cc([N+](=O)[O-])ccc2Br)n1. The summed E-state index contributed by atoms with van der Waals surface area (Å²) in [5, 5.41) is 11.0. The minimum atomic E-state index is -0.511. The summed E-state index contributed by atoms with van der Waals surface area (Å²) in [6, 6.07) is 5.58. The van der Waals surface area contributed by atoms with Crippen molar-refractivity contribution in [1.29, 1.82) is 0 Å². The van der Waals surface area contributed by atoms with Crippen LogP contribution in [0.1, 0.15) is 5.82 Å². The summed E-state index contributed by atoms with van der Waals surface area (Å²) < 4.78 is 11.0. The number of aromatic nitrogens is 2. The Morgan fingerprint density at radius 2 is 2.14 bits per heavy atom. The number of nitro groups is 1. The Balaban J connectivity index is 2.33. The zero-order valence-electron chi connectivity index (χ0n) is 10.7. The van der Waals surface area contributed by atoms with Crippen LogP contribution in [0.25, 0.3) is 0 Å². The number of rotatable bonds is 5. The first-order chi connectivity index (χ1) is 9.99. The van der Waals surface area contributed by atoms with Crippen LogP contribution < -0.4 is 4.74 Å². The average molecular weight is 375 g/mol. The first kappa shape index (κ1) is 15.6. The molecule has 110 valence electrons. The first-order valence-electron chi connectivity index (χ1n) is 5.64. The molecule has 21 heavy (non-hydrogen) atoms. The Kier molecular flexibility index (Phi) is 5.05. The Labute approximate surface area is 133 Å². The van der Waals surface area contributed by atoms with Crippen molar-refractivity contribution in [3.63, 3.8) is 0 Å². The standard InChI is InChI=1S/C12H9BrClN3O4/c1-20-6-11-15-10(14)5-12(16-11)21-9-4-7(17(18)19)2-3-8(9)13/h2-5H,6H2,1H3. The minimum absolute atomic E-state index is 0.0922. The molecule has 0 amide bonds. The van der Waals surface area contributed by atoms with Gasteiger partial charge < -0.3 is 9.47 Å². The lowest BCUT2D eigenvalue weighted by molar-refractivity contribution is -0.384. The molecule has 0 bridgehead atoms. The van der Waals surface area contributed by atoms with Crippen LogP contribution in [-0.4, -0.2) is 22.0 Å². The monoisotopic (exact) mass is 373 g/mol. The molecule has 0 radical (unpaired) electrons. The number of nitro benzene ring substituents is 1. The van der Waals surface area contributed by atoms with Crippen LogP contribution in [0.3, 0.4) is 0 Å². The lowest BCUT2D eigenvalue weighted by Crippen LogP contribution is -1.99. The molecule has 2 aromatic rings. The van der Waals surface area contributed by atoms with Gasteiger partial charge in [0, 0.05) is 19.2 Å². The van der Waals surface area contributed by atoms with Gasteiger partial charge in [0.2, 0.25) is 5.88 Å². The second-order valence-corrected chi connectivity index (χ2v) is 5.09. The van der Waals surface area contributed by atoms with Crippen molar-refractivity contribution in [2.75, 3.05) is 7.11 Å². The Bertz CT molecular complexity index is 684. The van der Waals surface area contributed by atoms with E-state index in [2.05, 4.69) is 25.9 Å². The van der Waals surface area contributed by atoms with Gasteiger partial charge in [-0.3, -0.25) is 10.1 Å². The normalized spacial score (nSPS) is 10.4. The molecule has 1 aromatic carbocycles. The Morgan fingerprint density at radius 3 is 2.81 bits per heavy atom. The zero-order chi connectivity index (χ0) is 15.4. The third-order valence-electron chi connectivity index (χ3n) is 2.33. The zero-order valence-corrected chi connectivity index (χ0v) is 13.1. The molecule has 0 unspecified atom stereocenters. The fourth-order valence-corrected chi connectivity index (χ4v) is 2.00. The van der Waals surface area contributed by atoms with Gasteiger partial charge in [-0.25, -0.2) is 4.98 Å². The molecule has 0 saturated carbocycles. The molecule has 2 rings (SSSR count). The number of hydrogen-bond acceptors (Lipinski definition) is 6. The predicted molar refractivity (Wildman–Crippen MR) is 78.6 cm³/mol. The van der Waals surface area contributed by atoms with E-state index in [9.17, 15) is 10.1 Å². The van der Waals surface area contributed by atoms with E-state index < -0.39 is 4.92 Å². The van der Waals surface area contributed by atoms with Crippen molar-refractivity contribution >= 4 is 33.2 Å². The summed E-state index contributed by atoms with van der Waals surface area (Å²) in [5.74, 6) is 0.770. The van der Waals surface area contributed by atoms with Crippen molar-refractivity contribution in [1.82, 2.24) is 9.97 Å². The summed E-state index contributed by atoms with van der Waals surface area (Å²) >= 11 is 9.12. The third-order valence-corrected chi connectivity index (χ3v) is 3.18. The number of methoxy groups -OCH3 is 1. The van der Waals surface area contributed by atoms with Gasteiger partial charge in [-0.1, -0.05) is 11.6 Å². The maximum Gasteiger partial charge on any atom is 0.273 e. The molecular weight excluding hydrogens is 366 g/mol. The van der Waals surface area contributed by atoms with E-state index >= 15 is 0 Å². The maximum absolute atomic E-state index is 10.8. The van der Waals surface area contributed by atoms with Crippen LogP contribution in [0.2, 0.25) is 5.15 Å². The predicted octanol–water partition coefficient (Wildman–Crippen LogP) is 3.74. The van der Waals surface area contributed by atoms with E-state index in [1.54, 1.807) is 0 Å². The van der Waals surface area contributed by atoms with Crippen LogP contribution in [0.15, 0.2) is 28.7 Å². The molecule has 9 heteroatoms. The van der Waals surface area contributed by atoms with Gasteiger partial charge in [0.25, 0.3) is 5.69 Å². The highest BCUT2D eigenvalue weighted by Gasteiger charge is 2.13. The molecule has 0 aliphatic carbocycles. The molecule has 0 saturated heterocycles. The quantitative estimate of drug-likeness (QED) is 0.450. The average Bonchev–Trinajstić information content (AvgIpc) is 2.40. The molecule has 7 nitrogen and oxygen atoms in total. The van der Waals surface area contributed by atoms with Crippen LogP contribution in [0.4, 0.5) is 5.69 Å². The van der Waals surface area contributed by atoms with Crippen LogP contribution in [0.5, 0.6) is 11.6 Å². The number of nitrogens with zero attached hydrogens (tertiary/aromatic N) is 3. The van der Waals surface area contributed by atoms with E-state index in [4.69, 9.17) is 21.1 Å². The van der Waals surface area contributed by atoms with Gasteiger partial charge in [0.1, 0.15) is 11.8 Å². The van der Waals surface area contributed by atoms with E-state index in [0.717, 1.165) is 0 Å². The van der Waals surface area contributed by atoms with Crippen LogP contribution in [0, 0.1) is 10.1 Å². The lowest BCUT2D eigenvalue weighted by atomic mass is 10.3. The molecule has 0 spiro atoms. The van der Waals surface area contributed by atoms with Crippen molar-refractivity contribution in [2.24, 2.45) is 0 Å². The molecule has 0 atom stereocenters. The Morgan fingerprint density at radius 1 is 1.38 bits per heavy atom. The molecule has 1 heterocycles. The van der Waals surface area contributed by atoms with Gasteiger partial charge >= 0.3 is 0 Å².